The average Bonchev–Trinajstić information content (AvgIpc) is 2.78. The molecule has 1 atom stereocenters. The van der Waals surface area contributed by atoms with Crippen molar-refractivity contribution in [1.82, 2.24) is 5.01 Å². The van der Waals surface area contributed by atoms with Crippen molar-refractivity contribution in [3.8, 4) is 0 Å². The molecule has 0 aromatic heterocycles. The summed E-state index contributed by atoms with van der Waals surface area (Å²) in [5.41, 5.74) is 3.43. The first kappa shape index (κ1) is 22.0. The number of benzene rings is 2. The van der Waals surface area contributed by atoms with Gasteiger partial charge in [-0.1, -0.05) is 55.8 Å². The van der Waals surface area contributed by atoms with E-state index >= 15 is 0 Å². The van der Waals surface area contributed by atoms with E-state index in [2.05, 4.69) is 36.2 Å². The van der Waals surface area contributed by atoms with Crippen LogP contribution in [-0.2, 0) is 16.0 Å². The van der Waals surface area contributed by atoms with Gasteiger partial charge in [0, 0.05) is 19.4 Å². The maximum absolute atomic E-state index is 13.3. The molecule has 0 saturated carbocycles. The highest BCUT2D eigenvalue weighted by molar-refractivity contribution is 5.92. The number of hydrogen-bond donors (Lipinski definition) is 1. The molecule has 1 aliphatic heterocycles. The van der Waals surface area contributed by atoms with E-state index in [0.29, 0.717) is 19.3 Å². The summed E-state index contributed by atoms with van der Waals surface area (Å²) < 4.78 is 0. The molecule has 0 bridgehead atoms. The predicted octanol–water partition coefficient (Wildman–Crippen LogP) is 5.37. The van der Waals surface area contributed by atoms with Crippen LogP contribution in [0.5, 0.6) is 0 Å². The lowest BCUT2D eigenvalue weighted by Crippen LogP contribution is -2.50. The summed E-state index contributed by atoms with van der Waals surface area (Å²) in [5, 5.41) is 12.9. The van der Waals surface area contributed by atoms with Crippen LogP contribution in [0.4, 0.5) is 5.69 Å². The Morgan fingerprint density at radius 2 is 1.70 bits per heavy atom. The smallest absolute Gasteiger partial charge is 0.303 e. The molecule has 1 aliphatic rings. The van der Waals surface area contributed by atoms with Crippen molar-refractivity contribution >= 4 is 17.6 Å². The molecule has 1 heterocycles. The number of carboxylic acid groups (broad SMARTS) is 1. The zero-order valence-corrected chi connectivity index (χ0v) is 17.8. The van der Waals surface area contributed by atoms with Crippen molar-refractivity contribution in [1.29, 1.82) is 0 Å². The standard InChI is InChI=1S/C25H32N2O3/c1-2-20-15-17-21(18-16-20)23-12-8-9-19-26(23)27(22-10-4-3-5-11-22)24(28)13-6-7-14-25(29)30/h3-5,10-11,15-18,23H,2,6-9,12-14,19H2,1H3,(H,29,30). The van der Waals surface area contributed by atoms with Gasteiger partial charge >= 0.3 is 5.97 Å². The average molecular weight is 409 g/mol. The third-order valence-electron chi connectivity index (χ3n) is 5.77. The van der Waals surface area contributed by atoms with E-state index < -0.39 is 5.97 Å². The number of anilines is 1. The van der Waals surface area contributed by atoms with Gasteiger partial charge in [0.15, 0.2) is 0 Å². The van der Waals surface area contributed by atoms with Gasteiger partial charge in [-0.15, -0.1) is 0 Å². The SMILES string of the molecule is CCc1ccc(C2CCCCN2N(C(=O)CCCCC(=O)O)c2ccccc2)cc1. The molecule has 1 amide bonds. The third-order valence-corrected chi connectivity index (χ3v) is 5.77. The van der Waals surface area contributed by atoms with E-state index in [-0.39, 0.29) is 18.4 Å². The third kappa shape index (κ3) is 5.70. The fraction of sp³-hybridized carbons (Fsp3) is 0.440. The lowest BCUT2D eigenvalue weighted by Gasteiger charge is -2.43. The minimum atomic E-state index is -0.811. The number of piperidine rings is 1. The second-order valence-corrected chi connectivity index (χ2v) is 7.91. The quantitative estimate of drug-likeness (QED) is 0.567. The molecule has 5 heteroatoms. The zero-order valence-electron chi connectivity index (χ0n) is 17.8. The molecule has 1 fully saturated rings. The van der Waals surface area contributed by atoms with E-state index in [1.807, 2.05) is 35.3 Å². The van der Waals surface area contributed by atoms with Crippen molar-refractivity contribution in [3.63, 3.8) is 0 Å². The van der Waals surface area contributed by atoms with Gasteiger partial charge in [0.1, 0.15) is 0 Å². The first-order valence-electron chi connectivity index (χ1n) is 11.1. The number of amides is 1. The molecule has 0 spiro atoms. The van der Waals surface area contributed by atoms with Crippen LogP contribution in [0.25, 0.3) is 0 Å². The van der Waals surface area contributed by atoms with Crippen LogP contribution in [0.15, 0.2) is 54.6 Å². The topological polar surface area (TPSA) is 60.9 Å². The maximum Gasteiger partial charge on any atom is 0.303 e. The molecule has 160 valence electrons. The molecule has 5 nitrogen and oxygen atoms in total. The van der Waals surface area contributed by atoms with Crippen molar-refractivity contribution in [2.45, 2.75) is 64.3 Å². The Morgan fingerprint density at radius 1 is 1.00 bits per heavy atom. The van der Waals surface area contributed by atoms with Gasteiger partial charge in [-0.05, 0) is 55.4 Å². The van der Waals surface area contributed by atoms with Gasteiger partial charge in [-0.25, -0.2) is 10.0 Å². The number of aryl methyl sites for hydroxylation is 1. The molecule has 1 unspecified atom stereocenters. The summed E-state index contributed by atoms with van der Waals surface area (Å²) in [6.45, 7) is 2.98. The summed E-state index contributed by atoms with van der Waals surface area (Å²) in [4.78, 5) is 24.1. The number of hydrogen-bond acceptors (Lipinski definition) is 3. The van der Waals surface area contributed by atoms with Gasteiger partial charge in [0.2, 0.25) is 5.91 Å². The number of rotatable bonds is 9. The number of carbonyl (C=O) groups excluding carboxylic acids is 1. The number of carboxylic acids is 1. The maximum atomic E-state index is 13.3. The van der Waals surface area contributed by atoms with Crippen LogP contribution < -0.4 is 5.01 Å². The summed E-state index contributed by atoms with van der Waals surface area (Å²) in [7, 11) is 0. The van der Waals surface area contributed by atoms with E-state index in [1.54, 1.807) is 0 Å². The molecule has 1 N–H and O–H groups in total. The van der Waals surface area contributed by atoms with Gasteiger partial charge < -0.3 is 5.11 Å². The Balaban J connectivity index is 1.84. The minimum Gasteiger partial charge on any atom is -0.481 e. The molecule has 0 aliphatic carbocycles. The van der Waals surface area contributed by atoms with Crippen LogP contribution in [-0.4, -0.2) is 28.5 Å². The Hall–Kier alpha value is -2.66. The van der Waals surface area contributed by atoms with E-state index in [4.69, 9.17) is 5.11 Å². The Labute approximate surface area is 179 Å². The van der Waals surface area contributed by atoms with Crippen LogP contribution in [0, 0.1) is 0 Å². The van der Waals surface area contributed by atoms with Crippen molar-refractivity contribution in [2.24, 2.45) is 0 Å². The fourth-order valence-corrected chi connectivity index (χ4v) is 4.13. The van der Waals surface area contributed by atoms with Crippen LogP contribution in [0.3, 0.4) is 0 Å². The molecule has 2 aromatic rings. The van der Waals surface area contributed by atoms with Gasteiger partial charge in [-0.2, -0.15) is 0 Å². The highest BCUT2D eigenvalue weighted by Gasteiger charge is 2.32. The van der Waals surface area contributed by atoms with Gasteiger partial charge in [0.25, 0.3) is 0 Å². The monoisotopic (exact) mass is 408 g/mol. The van der Waals surface area contributed by atoms with E-state index in [1.165, 1.54) is 11.1 Å². The second kappa shape index (κ2) is 10.9. The molecule has 1 saturated heterocycles. The van der Waals surface area contributed by atoms with E-state index in [9.17, 15) is 9.59 Å². The highest BCUT2D eigenvalue weighted by atomic mass is 16.4. The van der Waals surface area contributed by atoms with Crippen molar-refractivity contribution in [2.75, 3.05) is 11.6 Å². The zero-order chi connectivity index (χ0) is 21.3. The Morgan fingerprint density at radius 3 is 2.37 bits per heavy atom. The minimum absolute atomic E-state index is 0.0312. The number of nitrogens with zero attached hydrogens (tertiary/aromatic N) is 2. The first-order chi connectivity index (χ1) is 14.6. The summed E-state index contributed by atoms with van der Waals surface area (Å²) in [6, 6.07) is 18.7. The lowest BCUT2D eigenvalue weighted by molar-refractivity contribution is -0.137. The molecule has 30 heavy (non-hydrogen) atoms. The highest BCUT2D eigenvalue weighted by Crippen LogP contribution is 2.35. The van der Waals surface area contributed by atoms with E-state index in [0.717, 1.165) is 37.9 Å². The molecule has 0 radical (unpaired) electrons. The van der Waals surface area contributed by atoms with Crippen molar-refractivity contribution in [3.05, 3.63) is 65.7 Å². The summed E-state index contributed by atoms with van der Waals surface area (Å²) in [5.74, 6) is -0.780. The van der Waals surface area contributed by atoms with Crippen molar-refractivity contribution < 1.29 is 14.7 Å². The van der Waals surface area contributed by atoms with Gasteiger partial charge in [-0.3, -0.25) is 9.59 Å². The number of hydrazine groups is 1. The normalized spacial score (nSPS) is 16.9. The first-order valence-corrected chi connectivity index (χ1v) is 11.1. The summed E-state index contributed by atoms with van der Waals surface area (Å²) in [6.07, 6.45) is 5.78. The predicted molar refractivity (Wildman–Crippen MR) is 119 cm³/mol. The fourth-order valence-electron chi connectivity index (χ4n) is 4.13. The number of aliphatic carboxylic acids is 1. The van der Waals surface area contributed by atoms with Crippen LogP contribution >= 0.6 is 0 Å². The molecule has 2 aromatic carbocycles. The number of unbranched alkanes of at least 4 members (excludes halogenated alkanes) is 1. The van der Waals surface area contributed by atoms with Crippen LogP contribution in [0.1, 0.15) is 69.0 Å². The molecular formula is C25H32N2O3. The summed E-state index contributed by atoms with van der Waals surface area (Å²) >= 11 is 0. The van der Waals surface area contributed by atoms with Gasteiger partial charge in [0.05, 0.1) is 11.7 Å². The number of para-hydroxylation sites is 1. The molecule has 3 rings (SSSR count). The second-order valence-electron chi connectivity index (χ2n) is 7.91. The Kier molecular flexibility index (Phi) is 8.03. The lowest BCUT2D eigenvalue weighted by atomic mass is 9.95. The number of carbonyl (C=O) groups is 2. The van der Waals surface area contributed by atoms with Crippen LogP contribution in [0.2, 0.25) is 0 Å². The Bertz CT molecular complexity index is 820. The largest absolute Gasteiger partial charge is 0.481 e. The molecular weight excluding hydrogens is 376 g/mol.